The molecule has 0 aliphatic rings. The number of thioether (sulfide) groups is 1. The molecule has 0 saturated carbocycles. The van der Waals surface area contributed by atoms with Crippen molar-refractivity contribution >= 4 is 23.4 Å². The summed E-state index contributed by atoms with van der Waals surface area (Å²) in [7, 11) is 1.96. The number of alkyl halides is 1. The molecular formula is C12H13ClN2OS. The summed E-state index contributed by atoms with van der Waals surface area (Å²) in [5.41, 5.74) is 2.17. The summed E-state index contributed by atoms with van der Waals surface area (Å²) in [4.78, 5) is 4.31. The minimum absolute atomic E-state index is 0.292. The van der Waals surface area contributed by atoms with Gasteiger partial charge >= 0.3 is 0 Å². The van der Waals surface area contributed by atoms with Crippen LogP contribution in [0.5, 0.6) is 5.75 Å². The molecule has 0 aliphatic heterocycles. The SMILES string of the molecule is Cn1c(CCl)cnc1SCc1ccc(O)cc1. The first-order chi connectivity index (χ1) is 8.20. The molecule has 0 unspecified atom stereocenters. The van der Waals surface area contributed by atoms with Crippen molar-refractivity contribution in [2.75, 3.05) is 0 Å². The van der Waals surface area contributed by atoms with Gasteiger partial charge in [0.25, 0.3) is 0 Å². The summed E-state index contributed by atoms with van der Waals surface area (Å²) < 4.78 is 2.00. The molecule has 0 spiro atoms. The van der Waals surface area contributed by atoms with Gasteiger partial charge in [0.15, 0.2) is 5.16 Å². The Hall–Kier alpha value is -1.13. The number of imidazole rings is 1. The first kappa shape index (κ1) is 12.3. The first-order valence-electron chi connectivity index (χ1n) is 5.18. The lowest BCUT2D eigenvalue weighted by Gasteiger charge is -2.04. The van der Waals surface area contributed by atoms with E-state index in [2.05, 4.69) is 4.98 Å². The van der Waals surface area contributed by atoms with Gasteiger partial charge < -0.3 is 9.67 Å². The zero-order valence-electron chi connectivity index (χ0n) is 9.43. The van der Waals surface area contributed by atoms with Crippen molar-refractivity contribution in [3.63, 3.8) is 0 Å². The van der Waals surface area contributed by atoms with E-state index in [9.17, 15) is 5.11 Å². The predicted molar refractivity (Wildman–Crippen MR) is 70.4 cm³/mol. The van der Waals surface area contributed by atoms with E-state index >= 15 is 0 Å². The van der Waals surface area contributed by atoms with Crippen LogP contribution in [0.25, 0.3) is 0 Å². The Morgan fingerprint density at radius 2 is 2.06 bits per heavy atom. The minimum Gasteiger partial charge on any atom is -0.508 e. The van der Waals surface area contributed by atoms with Gasteiger partial charge in [-0.3, -0.25) is 0 Å². The van der Waals surface area contributed by atoms with Gasteiger partial charge in [-0.2, -0.15) is 0 Å². The fourth-order valence-corrected chi connectivity index (χ4v) is 2.60. The molecule has 1 N–H and O–H groups in total. The Bertz CT molecular complexity index is 496. The van der Waals surface area contributed by atoms with Crippen molar-refractivity contribution in [2.45, 2.75) is 16.8 Å². The van der Waals surface area contributed by atoms with Crippen LogP contribution >= 0.6 is 23.4 Å². The van der Waals surface area contributed by atoms with Crippen LogP contribution < -0.4 is 0 Å². The van der Waals surface area contributed by atoms with E-state index in [1.807, 2.05) is 23.7 Å². The second-order valence-corrected chi connectivity index (χ2v) is 4.89. The van der Waals surface area contributed by atoms with Crippen LogP contribution in [0, 0.1) is 0 Å². The normalized spacial score (nSPS) is 10.7. The molecule has 0 atom stereocenters. The van der Waals surface area contributed by atoms with Crippen molar-refractivity contribution in [1.29, 1.82) is 0 Å². The van der Waals surface area contributed by atoms with Crippen LogP contribution in [0.3, 0.4) is 0 Å². The highest BCUT2D eigenvalue weighted by Gasteiger charge is 2.06. The molecule has 0 bridgehead atoms. The van der Waals surface area contributed by atoms with E-state index in [1.54, 1.807) is 30.1 Å². The summed E-state index contributed by atoms with van der Waals surface area (Å²) in [6, 6.07) is 7.21. The standard InChI is InChI=1S/C12H13ClN2OS/c1-15-10(6-13)7-14-12(15)17-8-9-2-4-11(16)5-3-9/h2-5,7,16H,6,8H2,1H3. The van der Waals surface area contributed by atoms with E-state index in [-0.39, 0.29) is 0 Å². The van der Waals surface area contributed by atoms with Gasteiger partial charge in [-0.1, -0.05) is 23.9 Å². The van der Waals surface area contributed by atoms with Gasteiger partial charge in [-0.15, -0.1) is 11.6 Å². The van der Waals surface area contributed by atoms with Gasteiger partial charge in [-0.25, -0.2) is 4.98 Å². The molecule has 2 rings (SSSR count). The van der Waals surface area contributed by atoms with Crippen LogP contribution in [0.4, 0.5) is 0 Å². The Labute approximate surface area is 109 Å². The second kappa shape index (κ2) is 5.47. The third kappa shape index (κ3) is 2.96. The molecule has 0 fully saturated rings. The van der Waals surface area contributed by atoms with Crippen LogP contribution in [0.15, 0.2) is 35.6 Å². The lowest BCUT2D eigenvalue weighted by atomic mass is 10.2. The smallest absolute Gasteiger partial charge is 0.168 e. The fraction of sp³-hybridized carbons (Fsp3) is 0.250. The summed E-state index contributed by atoms with van der Waals surface area (Å²) in [5, 5.41) is 10.1. The van der Waals surface area contributed by atoms with Gasteiger partial charge in [0.1, 0.15) is 5.75 Å². The molecule has 90 valence electrons. The second-order valence-electron chi connectivity index (χ2n) is 3.68. The number of phenols is 1. The topological polar surface area (TPSA) is 38.0 Å². The van der Waals surface area contributed by atoms with Crippen LogP contribution in [0.1, 0.15) is 11.3 Å². The Morgan fingerprint density at radius 3 is 2.65 bits per heavy atom. The van der Waals surface area contributed by atoms with Crippen molar-refractivity contribution < 1.29 is 5.11 Å². The largest absolute Gasteiger partial charge is 0.508 e. The summed E-state index contributed by atoms with van der Waals surface area (Å²) in [6.07, 6.45) is 1.80. The molecule has 0 radical (unpaired) electrons. The third-order valence-corrected chi connectivity index (χ3v) is 3.87. The maximum Gasteiger partial charge on any atom is 0.168 e. The first-order valence-corrected chi connectivity index (χ1v) is 6.70. The van der Waals surface area contributed by atoms with Crippen molar-refractivity contribution in [2.24, 2.45) is 7.05 Å². The van der Waals surface area contributed by atoms with E-state index in [1.165, 1.54) is 0 Å². The number of phenolic OH excluding ortho intramolecular Hbond substituents is 1. The molecule has 0 saturated heterocycles. The fourth-order valence-electron chi connectivity index (χ4n) is 1.42. The average molecular weight is 269 g/mol. The Morgan fingerprint density at radius 1 is 1.35 bits per heavy atom. The van der Waals surface area contributed by atoms with Gasteiger partial charge in [0.2, 0.25) is 0 Å². The predicted octanol–water partition coefficient (Wildman–Crippen LogP) is 3.16. The highest BCUT2D eigenvalue weighted by Crippen LogP contribution is 2.23. The molecular weight excluding hydrogens is 256 g/mol. The molecule has 17 heavy (non-hydrogen) atoms. The van der Waals surface area contributed by atoms with Crippen LogP contribution in [0.2, 0.25) is 0 Å². The summed E-state index contributed by atoms with van der Waals surface area (Å²) in [5.74, 6) is 1.59. The van der Waals surface area contributed by atoms with E-state index in [0.29, 0.717) is 11.6 Å². The lowest BCUT2D eigenvalue weighted by molar-refractivity contribution is 0.475. The monoisotopic (exact) mass is 268 g/mol. The van der Waals surface area contributed by atoms with Crippen LogP contribution in [-0.2, 0) is 18.7 Å². The highest BCUT2D eigenvalue weighted by molar-refractivity contribution is 7.98. The molecule has 0 aliphatic carbocycles. The van der Waals surface area contributed by atoms with Gasteiger partial charge in [0.05, 0.1) is 17.8 Å². The molecule has 5 heteroatoms. The molecule has 1 aromatic heterocycles. The Kier molecular flexibility index (Phi) is 3.97. The zero-order chi connectivity index (χ0) is 12.3. The van der Waals surface area contributed by atoms with Crippen molar-refractivity contribution in [1.82, 2.24) is 9.55 Å². The minimum atomic E-state index is 0.292. The maximum atomic E-state index is 9.18. The summed E-state index contributed by atoms with van der Waals surface area (Å²) in [6.45, 7) is 0. The van der Waals surface area contributed by atoms with E-state index in [0.717, 1.165) is 22.2 Å². The van der Waals surface area contributed by atoms with Crippen molar-refractivity contribution in [3.8, 4) is 5.75 Å². The van der Waals surface area contributed by atoms with E-state index in [4.69, 9.17) is 11.6 Å². The molecule has 0 amide bonds. The third-order valence-electron chi connectivity index (χ3n) is 2.48. The average Bonchev–Trinajstić information content (AvgIpc) is 2.69. The number of aromatic hydroxyl groups is 1. The number of aromatic nitrogens is 2. The maximum absolute atomic E-state index is 9.18. The molecule has 3 nitrogen and oxygen atoms in total. The quantitative estimate of drug-likeness (QED) is 0.684. The number of hydrogen-bond acceptors (Lipinski definition) is 3. The zero-order valence-corrected chi connectivity index (χ0v) is 11.0. The van der Waals surface area contributed by atoms with E-state index < -0.39 is 0 Å². The highest BCUT2D eigenvalue weighted by atomic mass is 35.5. The van der Waals surface area contributed by atoms with Gasteiger partial charge in [-0.05, 0) is 17.7 Å². The molecule has 2 aromatic rings. The Balaban J connectivity index is 2.02. The number of benzene rings is 1. The number of rotatable bonds is 4. The number of nitrogens with zero attached hydrogens (tertiary/aromatic N) is 2. The molecule has 1 heterocycles. The van der Waals surface area contributed by atoms with Crippen molar-refractivity contribution in [3.05, 3.63) is 41.7 Å². The number of hydrogen-bond donors (Lipinski definition) is 1. The summed E-state index contributed by atoms with van der Waals surface area (Å²) >= 11 is 7.44. The van der Waals surface area contributed by atoms with Gasteiger partial charge in [0, 0.05) is 12.8 Å². The number of halogens is 1. The lowest BCUT2D eigenvalue weighted by Crippen LogP contribution is -1.95. The molecule has 1 aromatic carbocycles. The van der Waals surface area contributed by atoms with Crippen LogP contribution in [-0.4, -0.2) is 14.7 Å².